The molecule has 0 radical (unpaired) electrons. The van der Waals surface area contributed by atoms with Gasteiger partial charge in [-0.15, -0.1) is 43.7 Å². The van der Waals surface area contributed by atoms with E-state index in [1.54, 1.807) is 0 Å². The van der Waals surface area contributed by atoms with Crippen molar-refractivity contribution >= 4 is 111 Å². The van der Waals surface area contributed by atoms with Crippen molar-refractivity contribution in [2.24, 2.45) is 0 Å². The van der Waals surface area contributed by atoms with Crippen LogP contribution in [0.5, 0.6) is 0 Å². The third-order valence-corrected chi connectivity index (χ3v) is 22.0. The summed E-state index contributed by atoms with van der Waals surface area (Å²) in [4.78, 5) is 0. The molecule has 0 amide bonds. The quantitative estimate of drug-likeness (QED) is 0.0134. The fraction of sp³-hybridized carbons (Fsp3) is 0.181. The minimum atomic E-state index is -6.71. The molecule has 0 atom stereocenters. The third kappa shape index (κ3) is 18.4. The highest BCUT2D eigenvalue weighted by molar-refractivity contribution is 7.21. The van der Waals surface area contributed by atoms with E-state index in [2.05, 4.69) is 128 Å². The van der Waals surface area contributed by atoms with Gasteiger partial charge in [0.15, 0.2) is 112 Å². The number of quaternary nitrogens is 1. The maximum Gasteiger partial charge on any atom is 0.173 e. The molecule has 1 heterocycles. The third-order valence-electron chi connectivity index (χ3n) is 22.0. The molecule has 9 aromatic carbocycles. The molecule has 10 rings (SSSR count). The molecule has 0 fully saturated rings. The topological polar surface area (TPSA) is 3.88 Å². The predicted molar refractivity (Wildman–Crippen MR) is 441 cm³/mol. The van der Waals surface area contributed by atoms with Crippen molar-refractivity contribution in [2.45, 2.75) is 85.6 Å². The maximum absolute atomic E-state index is 16.1. The Morgan fingerprint density at radius 1 is 0.223 bits per heavy atom. The van der Waals surface area contributed by atoms with E-state index in [0.29, 0.717) is 0 Å². The van der Waals surface area contributed by atoms with Crippen LogP contribution >= 0.6 is 0 Å². The number of nitrogens with zero attached hydrogens (tertiary/aromatic N) is 2. The van der Waals surface area contributed by atoms with E-state index in [1.165, 1.54) is 87.6 Å². The molecule has 0 unspecified atom stereocenters. The molecule has 0 N–H and O–H groups in total. The van der Waals surface area contributed by atoms with Gasteiger partial charge in [-0.25, -0.2) is 145 Å². The maximum atomic E-state index is 16.1. The molecule has 0 aliphatic rings. The number of pyridine rings is 1. The smallest absolute Gasteiger partial charge is 0.173 e. The molecular formula is C94H74B2F32N2. The van der Waals surface area contributed by atoms with E-state index in [0.717, 1.165) is 12.1 Å². The van der Waals surface area contributed by atoms with Crippen molar-refractivity contribution < 1.29 is 150 Å². The molecule has 0 bridgehead atoms. The second-order valence-corrected chi connectivity index (χ2v) is 29.2. The Bertz CT molecular complexity index is 4950. The first-order valence-electron chi connectivity index (χ1n) is 39.1. The summed E-state index contributed by atoms with van der Waals surface area (Å²) in [5, 5.41) is 0. The molecule has 0 spiro atoms. The molecule has 0 aliphatic carbocycles. The van der Waals surface area contributed by atoms with Gasteiger partial charge < -0.3 is 4.48 Å². The molecule has 130 heavy (non-hydrogen) atoms. The van der Waals surface area contributed by atoms with Crippen LogP contribution in [0.1, 0.15) is 135 Å². The van der Waals surface area contributed by atoms with Crippen LogP contribution < -0.4 is 48.3 Å². The van der Waals surface area contributed by atoms with Gasteiger partial charge >= 0.3 is 0 Å². The molecule has 1 aromatic heterocycles. The summed E-state index contributed by atoms with van der Waals surface area (Å²) < 4.78 is 507. The molecular weight excluding hydrogens is 1790 g/mol. The van der Waals surface area contributed by atoms with Crippen LogP contribution in [0.25, 0.3) is 54.7 Å². The molecule has 2 nitrogen and oxygen atoms in total. The first-order valence-corrected chi connectivity index (χ1v) is 39.1. The van der Waals surface area contributed by atoms with Gasteiger partial charge in [0.25, 0.3) is 0 Å². The number of rotatable bonds is 31. The largest absolute Gasteiger partial charge is 0.324 e. The van der Waals surface area contributed by atoms with Crippen LogP contribution in [0.15, 0.2) is 114 Å². The highest BCUT2D eigenvalue weighted by Gasteiger charge is 2.55. The Morgan fingerprint density at radius 2 is 0.377 bits per heavy atom. The Morgan fingerprint density at radius 3 is 0.508 bits per heavy atom. The van der Waals surface area contributed by atoms with Crippen LogP contribution in [0.3, 0.4) is 0 Å². The van der Waals surface area contributed by atoms with Crippen molar-refractivity contribution in [3.8, 4) is 0 Å². The number of hydrogen-bond acceptors (Lipinski definition) is 0. The number of aromatic nitrogens is 1. The summed E-state index contributed by atoms with van der Waals surface area (Å²) in [7, 11) is 0. The molecule has 690 valence electrons. The zero-order valence-electron chi connectivity index (χ0n) is 69.1. The van der Waals surface area contributed by atoms with Gasteiger partial charge in [-0.3, -0.25) is 0 Å². The van der Waals surface area contributed by atoms with E-state index >= 15 is 140 Å². The van der Waals surface area contributed by atoms with Crippen molar-refractivity contribution in [1.29, 1.82) is 0 Å². The lowest BCUT2D eigenvalue weighted by Gasteiger charge is -2.45. The molecule has 0 saturated carbocycles. The molecule has 0 saturated heterocycles. The zero-order valence-corrected chi connectivity index (χ0v) is 69.1. The number of hydrogen-bond donors (Lipinski definition) is 0. The summed E-state index contributed by atoms with van der Waals surface area (Å²) in [5.41, 5.74) is -36.9. The lowest BCUT2D eigenvalue weighted by atomic mass is 9.12. The Labute approximate surface area is 725 Å². The number of unbranched alkanes of at least 4 members (excludes halogenated alkanes) is 4. The van der Waals surface area contributed by atoms with Crippen LogP contribution in [-0.2, 0) is 6.54 Å². The monoisotopic (exact) mass is 1860 g/mol. The fourth-order valence-corrected chi connectivity index (χ4v) is 15.7. The normalized spacial score (nSPS) is 11.4. The molecule has 0 aliphatic heterocycles. The first kappa shape index (κ1) is 105. The van der Waals surface area contributed by atoms with Gasteiger partial charge in [-0.1, -0.05) is 198 Å². The average molecular weight is 1860 g/mol. The van der Waals surface area contributed by atoms with E-state index in [-0.39, 0.29) is 48.6 Å². The van der Waals surface area contributed by atoms with Crippen LogP contribution in [-0.4, -0.2) is 43.0 Å². The summed E-state index contributed by atoms with van der Waals surface area (Å²) in [5.74, 6) is -95.0. The Hall–Kier alpha value is -12.4. The van der Waals surface area contributed by atoms with Crippen LogP contribution in [0, 0.1) is 186 Å². The zero-order chi connectivity index (χ0) is 97.9. The van der Waals surface area contributed by atoms with Gasteiger partial charge in [0.2, 0.25) is 0 Å². The lowest BCUT2D eigenvalue weighted by Crippen LogP contribution is -2.81. The second kappa shape index (κ2) is 43.4. The second-order valence-electron chi connectivity index (χ2n) is 29.2. The van der Waals surface area contributed by atoms with Crippen LogP contribution in [0.4, 0.5) is 140 Å². The van der Waals surface area contributed by atoms with Gasteiger partial charge in [0, 0.05) is 17.7 Å². The first-order chi connectivity index (χ1) is 61.3. The van der Waals surface area contributed by atoms with Gasteiger partial charge in [-0.05, 0) is 31.2 Å². The summed E-state index contributed by atoms with van der Waals surface area (Å²) in [6.07, 6.45) is 3.81. The minimum absolute atomic E-state index is 0.0213. The van der Waals surface area contributed by atoms with Gasteiger partial charge in [0.05, 0.1) is 70.7 Å². The van der Waals surface area contributed by atoms with E-state index in [1.807, 2.05) is 24.3 Å². The Balaban J connectivity index is 0.000000266. The summed E-state index contributed by atoms with van der Waals surface area (Å²) >= 11 is 0. The summed E-state index contributed by atoms with van der Waals surface area (Å²) in [6.45, 7) is 42.2. The van der Waals surface area contributed by atoms with Crippen LogP contribution in [0.2, 0.25) is 0 Å². The lowest BCUT2D eigenvalue weighted by molar-refractivity contribution is -0.929. The van der Waals surface area contributed by atoms with Crippen molar-refractivity contribution in [2.75, 3.05) is 26.2 Å². The van der Waals surface area contributed by atoms with Crippen molar-refractivity contribution in [3.63, 3.8) is 0 Å². The number of halogens is 32. The minimum Gasteiger partial charge on any atom is -0.324 e. The average Bonchev–Trinajstić information content (AvgIpc) is 0.683. The predicted octanol–water partition coefficient (Wildman–Crippen LogP) is 23.4. The van der Waals surface area contributed by atoms with Crippen molar-refractivity contribution in [1.82, 2.24) is 0 Å². The summed E-state index contributed by atoms with van der Waals surface area (Å²) in [6, 6.07) is 14.6. The Kier molecular flexibility index (Phi) is 34.9. The van der Waals surface area contributed by atoms with E-state index in [4.69, 9.17) is 0 Å². The molecule has 36 heteroatoms. The fourth-order valence-electron chi connectivity index (χ4n) is 15.7. The highest BCUT2D eigenvalue weighted by Crippen LogP contribution is 2.37. The highest BCUT2D eigenvalue weighted by atomic mass is 19.2. The van der Waals surface area contributed by atoms with Gasteiger partial charge in [-0.2, -0.15) is 0 Å². The number of benzene rings is 9. The van der Waals surface area contributed by atoms with Crippen molar-refractivity contribution in [3.05, 3.63) is 356 Å². The van der Waals surface area contributed by atoms with E-state index < -0.39 is 287 Å². The SMILES string of the molecule is C=Cc1c(F)c(F)c([B-](c2c(F)c(F)c(C=C)c(F)c2F)(c2c(F)c(F)c(C=C)c(F)c2F)c2c(F)c(F)c(C=C)c(F)c2F)c(F)c1F.C=Cc1c(F)c(F)c([B-](c2c(F)c(F)c(C=C)c(F)c2F)(c2c(F)c(F)c(C=C)c(F)c2F)c2c(F)c(F)c(C=C)c(F)c2F)c(F)c1F.C=Cc1ccc(C[n+]2ccccc2)cc1.CCCC[N+](CCCC)(CCCC)CCCC. The van der Waals surface area contributed by atoms with Gasteiger partial charge in [0.1, 0.15) is 105 Å². The standard InChI is InChI=1S/2C32H12BF16.C16H36N.C14H14N/c2*1-5-9-17(34)25(42)13(26(43)18(9)35)33(14-27(44)19(36)10(6-2)20(37)28(14)45,15-29(46)21(38)11(7-3)22(39)30(15)47)16-31(48)23(40)12(8-4)24(41)32(16)49;1-5-9-13-17(14-10-6-2,15-11-7-3)16-12-8-4;1-2-13-6-8-14(9-7-13)12-15-10-4-3-5-11-15/h2*5-8H,1-4H2;5-16H2,1-4H3;2-11H,1,12H2/q2*-1;2*+1. The van der Waals surface area contributed by atoms with E-state index in [9.17, 15) is 0 Å². The molecule has 10 aromatic rings.